The van der Waals surface area contributed by atoms with E-state index in [1.165, 1.54) is 0 Å². The number of carbonyl (C=O) groups excluding carboxylic acids is 1. The number of nitrogens with zero attached hydrogens (tertiary/aromatic N) is 1. The molecule has 2 aromatic heterocycles. The fourth-order valence-electron chi connectivity index (χ4n) is 3.47. The number of para-hydroxylation sites is 1. The molecule has 35 heavy (non-hydrogen) atoms. The number of fused-ring (bicyclic) bond motifs is 1. The largest absolute Gasteiger partial charge is 0.451 e. The van der Waals surface area contributed by atoms with Gasteiger partial charge >= 0.3 is 0 Å². The van der Waals surface area contributed by atoms with E-state index in [-0.39, 0.29) is 10.9 Å². The second-order valence-electron chi connectivity index (χ2n) is 7.71. The summed E-state index contributed by atoms with van der Waals surface area (Å²) in [5, 5.41) is 7.50. The van der Waals surface area contributed by atoms with Gasteiger partial charge in [0.1, 0.15) is 10.8 Å². The molecule has 5 rings (SSSR count). The summed E-state index contributed by atoms with van der Waals surface area (Å²) in [7, 11) is 0. The minimum atomic E-state index is -0.445. The predicted molar refractivity (Wildman–Crippen MR) is 155 cm³/mol. The molecule has 0 spiro atoms. The summed E-state index contributed by atoms with van der Waals surface area (Å²) >= 11 is 15.5. The lowest BCUT2D eigenvalue weighted by atomic mass is 10.1. The maximum Gasteiger partial charge on any atom is 0.293 e. The molecular formula is C26H17ClIN3O2S2. The van der Waals surface area contributed by atoms with Gasteiger partial charge in [0.05, 0.1) is 15.9 Å². The summed E-state index contributed by atoms with van der Waals surface area (Å²) < 4.78 is 7.92. The van der Waals surface area contributed by atoms with Crippen molar-refractivity contribution in [2.24, 2.45) is 0 Å². The van der Waals surface area contributed by atoms with Crippen molar-refractivity contribution in [3.05, 3.63) is 92.7 Å². The zero-order chi connectivity index (χ0) is 24.5. The molecule has 0 aliphatic rings. The SMILES string of the molecule is Cc1ccc(-c2ccc(C(=O)NC(=S)Nc3ccc(I)cc3-c3nc4ccccc4s3)o2)cc1Cl. The van der Waals surface area contributed by atoms with Gasteiger partial charge in [-0.25, -0.2) is 4.98 Å². The van der Waals surface area contributed by atoms with Gasteiger partial charge in [0.15, 0.2) is 10.9 Å². The Morgan fingerprint density at radius 1 is 1.09 bits per heavy atom. The van der Waals surface area contributed by atoms with Crippen molar-refractivity contribution in [3.8, 4) is 21.9 Å². The van der Waals surface area contributed by atoms with E-state index in [0.29, 0.717) is 10.8 Å². The molecule has 0 saturated carbocycles. The second kappa shape index (κ2) is 10.1. The van der Waals surface area contributed by atoms with Crippen molar-refractivity contribution >= 4 is 84.7 Å². The minimum Gasteiger partial charge on any atom is -0.451 e. The van der Waals surface area contributed by atoms with Gasteiger partial charge in [-0.05, 0) is 95.8 Å². The highest BCUT2D eigenvalue weighted by Gasteiger charge is 2.16. The number of rotatable bonds is 4. The third-order valence-electron chi connectivity index (χ3n) is 5.27. The lowest BCUT2D eigenvalue weighted by Gasteiger charge is -2.12. The summed E-state index contributed by atoms with van der Waals surface area (Å²) in [5.74, 6) is 0.251. The summed E-state index contributed by atoms with van der Waals surface area (Å²) in [6.07, 6.45) is 0. The minimum absolute atomic E-state index is 0.148. The average molecular weight is 630 g/mol. The highest BCUT2D eigenvalue weighted by molar-refractivity contribution is 14.1. The van der Waals surface area contributed by atoms with E-state index in [1.54, 1.807) is 23.5 Å². The van der Waals surface area contributed by atoms with E-state index in [4.69, 9.17) is 33.2 Å². The van der Waals surface area contributed by atoms with Gasteiger partial charge in [-0.1, -0.05) is 35.9 Å². The summed E-state index contributed by atoms with van der Waals surface area (Å²) in [5.41, 5.74) is 4.36. The third kappa shape index (κ3) is 5.25. The molecule has 0 unspecified atom stereocenters. The van der Waals surface area contributed by atoms with Gasteiger partial charge in [-0.2, -0.15) is 0 Å². The van der Waals surface area contributed by atoms with Crippen LogP contribution in [0.3, 0.4) is 0 Å². The highest BCUT2D eigenvalue weighted by Crippen LogP contribution is 2.35. The highest BCUT2D eigenvalue weighted by atomic mass is 127. The Morgan fingerprint density at radius 2 is 1.91 bits per heavy atom. The van der Waals surface area contributed by atoms with Crippen molar-refractivity contribution in [1.82, 2.24) is 10.3 Å². The first-order chi connectivity index (χ1) is 16.9. The van der Waals surface area contributed by atoms with Gasteiger partial charge in [-0.3, -0.25) is 10.1 Å². The number of thiocarbonyl (C=S) groups is 1. The number of anilines is 1. The van der Waals surface area contributed by atoms with Crippen molar-refractivity contribution < 1.29 is 9.21 Å². The summed E-state index contributed by atoms with van der Waals surface area (Å²) in [4.78, 5) is 17.5. The van der Waals surface area contributed by atoms with Gasteiger partial charge < -0.3 is 9.73 Å². The molecule has 2 heterocycles. The van der Waals surface area contributed by atoms with Crippen LogP contribution in [-0.2, 0) is 0 Å². The first-order valence-corrected chi connectivity index (χ1v) is 13.2. The second-order valence-corrected chi connectivity index (χ2v) is 10.8. The van der Waals surface area contributed by atoms with Crippen LogP contribution in [0.15, 0.2) is 77.2 Å². The molecule has 3 aromatic carbocycles. The van der Waals surface area contributed by atoms with E-state index < -0.39 is 5.91 Å². The van der Waals surface area contributed by atoms with Gasteiger partial charge in [0.25, 0.3) is 5.91 Å². The Hall–Kier alpha value is -2.79. The molecule has 0 atom stereocenters. The Morgan fingerprint density at radius 3 is 2.71 bits per heavy atom. The molecule has 5 nitrogen and oxygen atoms in total. The van der Waals surface area contributed by atoms with Crippen LogP contribution in [0.25, 0.3) is 32.1 Å². The van der Waals surface area contributed by atoms with Crippen LogP contribution in [0.5, 0.6) is 0 Å². The van der Waals surface area contributed by atoms with E-state index in [2.05, 4.69) is 33.2 Å². The molecule has 2 N–H and O–H groups in total. The Kier molecular flexibility index (Phi) is 6.88. The van der Waals surface area contributed by atoms with Gasteiger partial charge in [0.2, 0.25) is 0 Å². The normalized spacial score (nSPS) is 10.9. The molecule has 9 heteroatoms. The smallest absolute Gasteiger partial charge is 0.293 e. The topological polar surface area (TPSA) is 67.2 Å². The number of aromatic nitrogens is 1. The molecule has 0 fully saturated rings. The van der Waals surface area contributed by atoms with Crippen molar-refractivity contribution in [3.63, 3.8) is 0 Å². The van der Waals surface area contributed by atoms with Crippen LogP contribution >= 0.6 is 57.7 Å². The average Bonchev–Trinajstić information content (AvgIpc) is 3.49. The van der Waals surface area contributed by atoms with E-state index in [9.17, 15) is 4.79 Å². The number of aryl methyl sites for hydroxylation is 1. The monoisotopic (exact) mass is 629 g/mol. The quantitative estimate of drug-likeness (QED) is 0.156. The Labute approximate surface area is 229 Å². The Balaban J connectivity index is 1.33. The molecule has 1 amide bonds. The number of nitrogens with one attached hydrogen (secondary N) is 2. The number of hydrogen-bond donors (Lipinski definition) is 2. The fraction of sp³-hybridized carbons (Fsp3) is 0.0385. The molecule has 0 aliphatic carbocycles. The third-order valence-corrected chi connectivity index (χ3v) is 7.62. The van der Waals surface area contributed by atoms with E-state index in [0.717, 1.165) is 41.2 Å². The van der Waals surface area contributed by atoms with Crippen LogP contribution in [0.4, 0.5) is 5.69 Å². The van der Waals surface area contributed by atoms with Crippen LogP contribution in [0.2, 0.25) is 5.02 Å². The van der Waals surface area contributed by atoms with Crippen LogP contribution in [0, 0.1) is 10.5 Å². The molecule has 5 aromatic rings. The first kappa shape index (κ1) is 23.9. The number of amides is 1. The molecule has 0 aliphatic heterocycles. The van der Waals surface area contributed by atoms with Crippen molar-refractivity contribution in [2.75, 3.05) is 5.32 Å². The maximum atomic E-state index is 12.8. The molecule has 0 saturated heterocycles. The number of benzene rings is 3. The van der Waals surface area contributed by atoms with Gasteiger partial charge in [-0.15, -0.1) is 11.3 Å². The molecule has 174 valence electrons. The van der Waals surface area contributed by atoms with E-state index in [1.807, 2.05) is 67.6 Å². The number of halogens is 2. The van der Waals surface area contributed by atoms with Crippen LogP contribution in [0.1, 0.15) is 16.1 Å². The van der Waals surface area contributed by atoms with E-state index >= 15 is 0 Å². The zero-order valence-corrected chi connectivity index (χ0v) is 22.8. The lowest BCUT2D eigenvalue weighted by molar-refractivity contribution is 0.0951. The maximum absolute atomic E-state index is 12.8. The number of furan rings is 1. The Bertz CT molecular complexity index is 1560. The van der Waals surface area contributed by atoms with Crippen molar-refractivity contribution in [2.45, 2.75) is 6.92 Å². The number of thiazole rings is 1. The standard InChI is InChI=1S/C26H17ClIN3O2S2/c1-14-6-7-15(12-18(14)27)21-10-11-22(33-21)24(32)31-26(34)30-19-9-8-16(28)13-17(19)25-29-20-4-2-3-5-23(20)35-25/h2-13H,1H3,(H2,30,31,32,34). The zero-order valence-electron chi connectivity index (χ0n) is 18.3. The molecular weight excluding hydrogens is 613 g/mol. The number of carbonyl (C=O) groups is 1. The van der Waals surface area contributed by atoms with Gasteiger partial charge in [0, 0.05) is 19.7 Å². The lowest BCUT2D eigenvalue weighted by Crippen LogP contribution is -2.34. The van der Waals surface area contributed by atoms with Crippen LogP contribution in [-0.4, -0.2) is 16.0 Å². The van der Waals surface area contributed by atoms with Crippen molar-refractivity contribution in [1.29, 1.82) is 0 Å². The summed E-state index contributed by atoms with van der Waals surface area (Å²) in [6, 6.07) is 22.9. The predicted octanol–water partition coefficient (Wildman–Crippen LogP) is 7.92. The molecule has 0 radical (unpaired) electrons. The summed E-state index contributed by atoms with van der Waals surface area (Å²) in [6.45, 7) is 1.93. The first-order valence-electron chi connectivity index (χ1n) is 10.5. The van der Waals surface area contributed by atoms with Crippen LogP contribution < -0.4 is 10.6 Å². The number of hydrogen-bond acceptors (Lipinski definition) is 5. The molecule has 0 bridgehead atoms. The fourth-order valence-corrected chi connectivity index (χ4v) is 5.34.